The number of rotatable bonds is 4. The first-order chi connectivity index (χ1) is 5.83. The molecule has 0 saturated carbocycles. The summed E-state index contributed by atoms with van der Waals surface area (Å²) in [6.07, 6.45) is 6.47. The summed E-state index contributed by atoms with van der Waals surface area (Å²) in [6, 6.07) is 0. The molecule has 0 aromatic rings. The van der Waals surface area contributed by atoms with Crippen molar-refractivity contribution in [3.05, 3.63) is 0 Å². The average Bonchev–Trinajstić information content (AvgIpc) is 2.16. The maximum atomic E-state index is 5.94. The van der Waals surface area contributed by atoms with Gasteiger partial charge in [-0.15, -0.1) is 0 Å². The van der Waals surface area contributed by atoms with Crippen LogP contribution in [-0.2, 0) is 4.74 Å². The van der Waals surface area contributed by atoms with Gasteiger partial charge in [0.25, 0.3) is 0 Å². The van der Waals surface area contributed by atoms with E-state index in [0.29, 0.717) is 5.22 Å². The van der Waals surface area contributed by atoms with Gasteiger partial charge in [0.05, 0.1) is 14.7 Å². The first-order valence-corrected chi connectivity index (χ1v) is 7.83. The van der Waals surface area contributed by atoms with Gasteiger partial charge in [0.2, 0.25) is 0 Å². The molecular weight excluding hydrogens is 184 g/mol. The lowest BCUT2D eigenvalue weighted by Crippen LogP contribution is -2.41. The smallest absolute Gasteiger partial charge is 0.0564 e. The monoisotopic (exact) mass is 204 g/mol. The van der Waals surface area contributed by atoms with Crippen molar-refractivity contribution in [1.29, 1.82) is 0 Å². The van der Waals surface area contributed by atoms with Crippen molar-refractivity contribution in [1.82, 2.24) is 0 Å². The molecule has 12 heavy (non-hydrogen) atoms. The predicted octanol–water partition coefficient (Wildman–Crippen LogP) is 1.81. The summed E-state index contributed by atoms with van der Waals surface area (Å²) < 4.78 is 5.94. The molecule has 0 N–H and O–H groups in total. The van der Waals surface area contributed by atoms with Crippen molar-refractivity contribution >= 4 is 22.1 Å². The number of ether oxygens (including phenoxy) is 1. The molecule has 1 saturated heterocycles. The molecule has 0 spiro atoms. The van der Waals surface area contributed by atoms with Crippen molar-refractivity contribution in [3.8, 4) is 0 Å². The Morgan fingerprint density at radius 2 is 2.33 bits per heavy atom. The summed E-state index contributed by atoms with van der Waals surface area (Å²) in [7, 11) is -0.0151. The zero-order valence-electron chi connectivity index (χ0n) is 8.01. The van der Waals surface area contributed by atoms with E-state index >= 15 is 0 Å². The SMILES string of the molecule is C[SiH2]C1(CCCS)CCCCO1. The molecule has 0 amide bonds. The number of hydrogen-bond acceptors (Lipinski definition) is 2. The average molecular weight is 204 g/mol. The molecule has 0 bridgehead atoms. The van der Waals surface area contributed by atoms with Crippen LogP contribution in [0.3, 0.4) is 0 Å². The molecule has 1 atom stereocenters. The van der Waals surface area contributed by atoms with Crippen LogP contribution < -0.4 is 0 Å². The highest BCUT2D eigenvalue weighted by Gasteiger charge is 2.30. The molecule has 1 rings (SSSR count). The molecule has 0 aromatic heterocycles. The zero-order valence-corrected chi connectivity index (χ0v) is 10.3. The summed E-state index contributed by atoms with van der Waals surface area (Å²) in [5, 5.41) is 0.362. The molecule has 1 unspecified atom stereocenters. The first-order valence-electron chi connectivity index (χ1n) is 5.08. The highest BCUT2D eigenvalue weighted by molar-refractivity contribution is 7.80. The fourth-order valence-corrected chi connectivity index (χ4v) is 3.68. The van der Waals surface area contributed by atoms with E-state index in [0.717, 1.165) is 12.4 Å². The second-order valence-corrected chi connectivity index (χ2v) is 6.11. The highest BCUT2D eigenvalue weighted by atomic mass is 32.1. The van der Waals surface area contributed by atoms with E-state index in [1.807, 2.05) is 0 Å². The van der Waals surface area contributed by atoms with Gasteiger partial charge in [-0.2, -0.15) is 12.6 Å². The Kier molecular flexibility index (Phi) is 4.68. The van der Waals surface area contributed by atoms with Crippen LogP contribution in [-0.4, -0.2) is 27.1 Å². The van der Waals surface area contributed by atoms with E-state index in [9.17, 15) is 0 Å². The van der Waals surface area contributed by atoms with E-state index in [2.05, 4.69) is 19.2 Å². The van der Waals surface area contributed by atoms with Crippen LogP contribution in [0.1, 0.15) is 32.1 Å². The van der Waals surface area contributed by atoms with Gasteiger partial charge in [-0.3, -0.25) is 0 Å². The van der Waals surface area contributed by atoms with Crippen molar-refractivity contribution in [2.24, 2.45) is 0 Å². The Balaban J connectivity index is 2.37. The lowest BCUT2D eigenvalue weighted by molar-refractivity contribution is -0.0251. The maximum Gasteiger partial charge on any atom is 0.0564 e. The number of thiol groups is 1. The molecule has 72 valence electrons. The third-order valence-electron chi connectivity index (χ3n) is 2.87. The minimum Gasteiger partial charge on any atom is -0.379 e. The molecule has 0 aliphatic carbocycles. The molecule has 0 aromatic carbocycles. The van der Waals surface area contributed by atoms with E-state index in [-0.39, 0.29) is 9.52 Å². The largest absolute Gasteiger partial charge is 0.379 e. The third-order valence-corrected chi connectivity index (χ3v) is 5.39. The van der Waals surface area contributed by atoms with Gasteiger partial charge < -0.3 is 4.74 Å². The van der Waals surface area contributed by atoms with Crippen LogP contribution in [0.4, 0.5) is 0 Å². The Bertz CT molecular complexity index is 124. The van der Waals surface area contributed by atoms with Crippen LogP contribution in [0.2, 0.25) is 6.55 Å². The van der Waals surface area contributed by atoms with E-state index in [1.165, 1.54) is 32.1 Å². The van der Waals surface area contributed by atoms with Gasteiger partial charge in [0, 0.05) is 6.61 Å². The maximum absolute atomic E-state index is 5.94. The van der Waals surface area contributed by atoms with Gasteiger partial charge in [0.15, 0.2) is 0 Å². The van der Waals surface area contributed by atoms with Gasteiger partial charge in [-0.1, -0.05) is 6.55 Å². The quantitative estimate of drug-likeness (QED) is 0.543. The van der Waals surface area contributed by atoms with Gasteiger partial charge in [0.1, 0.15) is 0 Å². The fourth-order valence-electron chi connectivity index (χ4n) is 1.96. The molecule has 1 heterocycles. The third kappa shape index (κ3) is 2.78. The molecular formula is C9H20OSSi. The minimum atomic E-state index is -0.0151. The summed E-state index contributed by atoms with van der Waals surface area (Å²) >= 11 is 4.26. The molecule has 1 fully saturated rings. The van der Waals surface area contributed by atoms with Crippen LogP contribution in [0.25, 0.3) is 0 Å². The minimum absolute atomic E-state index is 0.0151. The second kappa shape index (κ2) is 5.30. The van der Waals surface area contributed by atoms with Crippen LogP contribution in [0.15, 0.2) is 0 Å². The van der Waals surface area contributed by atoms with Crippen LogP contribution in [0, 0.1) is 0 Å². The van der Waals surface area contributed by atoms with Crippen molar-refractivity contribution in [2.45, 2.75) is 43.9 Å². The Morgan fingerprint density at radius 1 is 1.50 bits per heavy atom. The molecule has 1 aliphatic rings. The van der Waals surface area contributed by atoms with Gasteiger partial charge >= 0.3 is 0 Å². The summed E-state index contributed by atoms with van der Waals surface area (Å²) in [4.78, 5) is 0. The molecule has 1 aliphatic heterocycles. The summed E-state index contributed by atoms with van der Waals surface area (Å²) in [5.41, 5.74) is 0. The number of hydrogen-bond donors (Lipinski definition) is 1. The highest BCUT2D eigenvalue weighted by Crippen LogP contribution is 2.28. The Labute approximate surface area is 83.5 Å². The molecule has 1 nitrogen and oxygen atoms in total. The Hall–Kier alpha value is 0.527. The van der Waals surface area contributed by atoms with Gasteiger partial charge in [-0.05, 0) is 37.9 Å². The molecule has 0 radical (unpaired) electrons. The first kappa shape index (κ1) is 10.6. The predicted molar refractivity (Wildman–Crippen MR) is 60.0 cm³/mol. The normalized spacial score (nSPS) is 31.5. The van der Waals surface area contributed by atoms with Crippen molar-refractivity contribution in [2.75, 3.05) is 12.4 Å². The Morgan fingerprint density at radius 3 is 2.83 bits per heavy atom. The summed E-state index contributed by atoms with van der Waals surface area (Å²) in [6.45, 7) is 3.39. The standard InChI is InChI=1S/C9H20OSSi/c1-12-9(6-4-8-11)5-2-3-7-10-9/h11H,2-8,12H2,1H3. The fraction of sp³-hybridized carbons (Fsp3) is 1.00. The topological polar surface area (TPSA) is 9.23 Å². The van der Waals surface area contributed by atoms with E-state index < -0.39 is 0 Å². The lowest BCUT2D eigenvalue weighted by atomic mass is 10.0. The second-order valence-electron chi connectivity index (χ2n) is 3.67. The van der Waals surface area contributed by atoms with Crippen LogP contribution in [0.5, 0.6) is 0 Å². The molecule has 3 heteroatoms. The van der Waals surface area contributed by atoms with E-state index in [1.54, 1.807) is 0 Å². The zero-order chi connectivity index (χ0) is 8.86. The lowest BCUT2D eigenvalue weighted by Gasteiger charge is -2.36. The van der Waals surface area contributed by atoms with Crippen LogP contribution >= 0.6 is 12.6 Å². The van der Waals surface area contributed by atoms with E-state index in [4.69, 9.17) is 4.74 Å². The van der Waals surface area contributed by atoms with Crippen molar-refractivity contribution < 1.29 is 4.74 Å². The van der Waals surface area contributed by atoms with Gasteiger partial charge in [-0.25, -0.2) is 0 Å². The summed E-state index contributed by atoms with van der Waals surface area (Å²) in [5.74, 6) is 1.01. The van der Waals surface area contributed by atoms with Crippen molar-refractivity contribution in [3.63, 3.8) is 0 Å².